The normalized spacial score (nSPS) is 15.4. The van der Waals surface area contributed by atoms with E-state index in [1.165, 1.54) is 6.07 Å². The van der Waals surface area contributed by atoms with Crippen LogP contribution in [0.15, 0.2) is 66.7 Å². The van der Waals surface area contributed by atoms with E-state index in [2.05, 4.69) is 5.32 Å². The summed E-state index contributed by atoms with van der Waals surface area (Å²) in [6, 6.07) is 20.5. The van der Waals surface area contributed by atoms with Crippen molar-refractivity contribution in [3.8, 4) is 11.6 Å². The minimum absolute atomic E-state index is 0.130. The summed E-state index contributed by atoms with van der Waals surface area (Å²) in [6.45, 7) is 5.17. The number of hydrogen-bond donors (Lipinski definition) is 1. The fraction of sp³-hybridized carbons (Fsp3) is 0.344. The van der Waals surface area contributed by atoms with Gasteiger partial charge in [0.15, 0.2) is 17.9 Å². The van der Waals surface area contributed by atoms with Crippen molar-refractivity contribution < 1.29 is 23.3 Å². The van der Waals surface area contributed by atoms with Gasteiger partial charge in [0.05, 0.1) is 12.7 Å². The third-order valence-electron chi connectivity index (χ3n) is 6.60. The van der Waals surface area contributed by atoms with Gasteiger partial charge >= 0.3 is 0 Å². The van der Waals surface area contributed by atoms with Gasteiger partial charge in [-0.1, -0.05) is 41.9 Å². The molecule has 1 atom stereocenters. The lowest BCUT2D eigenvalue weighted by molar-refractivity contribution is -0.165. The van der Waals surface area contributed by atoms with Gasteiger partial charge in [-0.3, -0.25) is 0 Å². The van der Waals surface area contributed by atoms with Gasteiger partial charge in [-0.2, -0.15) is 4.98 Å². The van der Waals surface area contributed by atoms with Gasteiger partial charge in [0, 0.05) is 40.8 Å². The lowest BCUT2D eigenvalue weighted by atomic mass is 9.99. The third-order valence-corrected chi connectivity index (χ3v) is 6.85. The van der Waals surface area contributed by atoms with Crippen molar-refractivity contribution in [1.82, 2.24) is 4.98 Å². The smallest absolute Gasteiger partial charge is 0.223 e. The van der Waals surface area contributed by atoms with Gasteiger partial charge in [-0.15, -0.1) is 0 Å². The summed E-state index contributed by atoms with van der Waals surface area (Å²) in [5.41, 5.74) is 2.58. The molecule has 8 heteroatoms. The Morgan fingerprint density at radius 2 is 1.82 bits per heavy atom. The van der Waals surface area contributed by atoms with Crippen LogP contribution in [0, 0.1) is 5.82 Å². The number of benzene rings is 3. The molecule has 0 bridgehead atoms. The number of anilines is 2. The zero-order valence-electron chi connectivity index (χ0n) is 22.8. The van der Waals surface area contributed by atoms with Crippen molar-refractivity contribution in [2.75, 3.05) is 25.1 Å². The maximum Gasteiger partial charge on any atom is 0.223 e. The third kappa shape index (κ3) is 7.22. The first-order chi connectivity index (χ1) is 19.5. The van der Waals surface area contributed by atoms with Crippen molar-refractivity contribution >= 4 is 33.9 Å². The molecule has 1 fully saturated rings. The Balaban J connectivity index is 1.46. The average Bonchev–Trinajstić information content (AvgIpc) is 2.95. The molecule has 1 N–H and O–H groups in total. The fourth-order valence-electron chi connectivity index (χ4n) is 4.71. The summed E-state index contributed by atoms with van der Waals surface area (Å²) in [7, 11) is 0. The molecule has 0 saturated carbocycles. The first-order valence-corrected chi connectivity index (χ1v) is 14.1. The van der Waals surface area contributed by atoms with E-state index >= 15 is 0 Å². The van der Waals surface area contributed by atoms with Crippen molar-refractivity contribution in [2.24, 2.45) is 0 Å². The van der Waals surface area contributed by atoms with Gasteiger partial charge in [-0.05, 0) is 74.4 Å². The fourth-order valence-corrected chi connectivity index (χ4v) is 4.84. The number of pyridine rings is 1. The molecular formula is C32H34ClFN2O4. The van der Waals surface area contributed by atoms with Crippen LogP contribution in [0.1, 0.15) is 44.2 Å². The van der Waals surface area contributed by atoms with Crippen LogP contribution in [0.25, 0.3) is 10.8 Å². The minimum atomic E-state index is -0.447. The lowest BCUT2D eigenvalue weighted by Crippen LogP contribution is -2.24. The highest BCUT2D eigenvalue weighted by molar-refractivity contribution is 6.30. The minimum Gasteiger partial charge on any atom is -0.488 e. The monoisotopic (exact) mass is 564 g/mol. The summed E-state index contributed by atoms with van der Waals surface area (Å²) >= 11 is 6.13. The Kier molecular flexibility index (Phi) is 9.37. The number of aromatic nitrogens is 1. The van der Waals surface area contributed by atoms with Crippen LogP contribution in [-0.4, -0.2) is 37.2 Å². The van der Waals surface area contributed by atoms with Crippen LogP contribution in [0.5, 0.6) is 11.6 Å². The zero-order chi connectivity index (χ0) is 27.9. The Hall–Kier alpha value is -3.39. The van der Waals surface area contributed by atoms with Crippen LogP contribution in [-0.2, 0) is 15.9 Å². The summed E-state index contributed by atoms with van der Waals surface area (Å²) in [4.78, 5) is 4.89. The number of rotatable bonds is 11. The van der Waals surface area contributed by atoms with Crippen LogP contribution in [0.3, 0.4) is 0 Å². The summed E-state index contributed by atoms with van der Waals surface area (Å²) in [5, 5.41) is 5.89. The first-order valence-electron chi connectivity index (χ1n) is 13.7. The highest BCUT2D eigenvalue weighted by atomic mass is 35.5. The molecule has 2 heterocycles. The second kappa shape index (κ2) is 13.3. The largest absolute Gasteiger partial charge is 0.488 e. The van der Waals surface area contributed by atoms with Crippen molar-refractivity contribution in [2.45, 2.75) is 51.9 Å². The van der Waals surface area contributed by atoms with E-state index in [9.17, 15) is 4.39 Å². The standard InChI is InChI=1S/C32H34ClFN2O4/c1-21(2)40-29-15-14-24(20-28(29)34)35-31-27(19-22-10-12-23(33)13-11-22)25-7-3-4-8-26(25)32(36-31)39-18-17-38-30-9-5-6-16-37-30/h3-4,7-8,10-15,20-21,30H,5-6,9,16-19H2,1-2H3,(H,35,36). The topological polar surface area (TPSA) is 61.8 Å². The summed E-state index contributed by atoms with van der Waals surface area (Å²) in [5.74, 6) is 0.820. The summed E-state index contributed by atoms with van der Waals surface area (Å²) in [6.07, 6.45) is 3.35. The molecule has 0 spiro atoms. The van der Waals surface area contributed by atoms with Crippen LogP contribution >= 0.6 is 11.6 Å². The molecule has 210 valence electrons. The van der Waals surface area contributed by atoms with Gasteiger partial charge in [-0.25, -0.2) is 4.39 Å². The van der Waals surface area contributed by atoms with Crippen LogP contribution in [0.4, 0.5) is 15.9 Å². The molecule has 0 aliphatic carbocycles. The van der Waals surface area contributed by atoms with Gasteiger partial charge in [0.25, 0.3) is 0 Å². The Bertz CT molecular complexity index is 1420. The number of ether oxygens (including phenoxy) is 4. The SMILES string of the molecule is CC(C)Oc1ccc(Nc2nc(OCCOC3CCCCO3)c3ccccc3c2Cc2ccc(Cl)cc2)cc1F. The Morgan fingerprint density at radius 1 is 1.02 bits per heavy atom. The van der Waals surface area contributed by atoms with Gasteiger partial charge in [0.2, 0.25) is 5.88 Å². The van der Waals surface area contributed by atoms with Crippen molar-refractivity contribution in [1.29, 1.82) is 0 Å². The van der Waals surface area contributed by atoms with E-state index in [4.69, 9.17) is 35.5 Å². The van der Waals surface area contributed by atoms with Crippen molar-refractivity contribution in [3.63, 3.8) is 0 Å². The Labute approximate surface area is 239 Å². The first kappa shape index (κ1) is 28.1. The van der Waals surface area contributed by atoms with Gasteiger partial charge in [0.1, 0.15) is 12.4 Å². The maximum atomic E-state index is 14.8. The average molecular weight is 565 g/mol. The predicted octanol–water partition coefficient (Wildman–Crippen LogP) is 8.07. The number of nitrogens with one attached hydrogen (secondary N) is 1. The molecule has 1 saturated heterocycles. The van der Waals surface area contributed by atoms with E-state index in [1.54, 1.807) is 12.1 Å². The second-order valence-electron chi connectivity index (χ2n) is 10.0. The van der Waals surface area contributed by atoms with Crippen molar-refractivity contribution in [3.05, 3.63) is 88.7 Å². The van der Waals surface area contributed by atoms with E-state index in [-0.39, 0.29) is 18.1 Å². The number of nitrogens with zero attached hydrogens (tertiary/aromatic N) is 1. The molecule has 5 rings (SSSR count). The van der Waals surface area contributed by atoms with E-state index in [0.29, 0.717) is 42.0 Å². The highest BCUT2D eigenvalue weighted by Crippen LogP contribution is 2.35. The number of hydrogen-bond acceptors (Lipinski definition) is 6. The molecule has 40 heavy (non-hydrogen) atoms. The molecule has 6 nitrogen and oxygen atoms in total. The molecule has 3 aromatic carbocycles. The number of halogens is 2. The van der Waals surface area contributed by atoms with E-state index in [1.807, 2.05) is 62.4 Å². The number of fused-ring (bicyclic) bond motifs is 1. The Morgan fingerprint density at radius 3 is 2.55 bits per heavy atom. The van der Waals surface area contributed by atoms with Crippen LogP contribution in [0.2, 0.25) is 5.02 Å². The van der Waals surface area contributed by atoms with E-state index < -0.39 is 5.82 Å². The zero-order valence-corrected chi connectivity index (χ0v) is 23.5. The maximum absolute atomic E-state index is 14.8. The second-order valence-corrected chi connectivity index (χ2v) is 10.5. The molecule has 1 aromatic heterocycles. The molecule has 1 aliphatic heterocycles. The van der Waals surface area contributed by atoms with Crippen LogP contribution < -0.4 is 14.8 Å². The molecule has 0 amide bonds. The van der Waals surface area contributed by atoms with Gasteiger partial charge < -0.3 is 24.3 Å². The molecule has 4 aromatic rings. The highest BCUT2D eigenvalue weighted by Gasteiger charge is 2.18. The molecule has 1 unspecified atom stereocenters. The van der Waals surface area contributed by atoms with E-state index in [0.717, 1.165) is 47.8 Å². The summed E-state index contributed by atoms with van der Waals surface area (Å²) < 4.78 is 38.1. The predicted molar refractivity (Wildman–Crippen MR) is 156 cm³/mol. The quantitative estimate of drug-likeness (QED) is 0.186. The molecular weight excluding hydrogens is 531 g/mol. The molecule has 0 radical (unpaired) electrons. The lowest BCUT2D eigenvalue weighted by Gasteiger charge is -2.23. The molecule has 1 aliphatic rings.